The lowest BCUT2D eigenvalue weighted by molar-refractivity contribution is -0.121. The second kappa shape index (κ2) is 5.87. The van der Waals surface area contributed by atoms with Gasteiger partial charge in [-0.2, -0.15) is 0 Å². The summed E-state index contributed by atoms with van der Waals surface area (Å²) in [6.45, 7) is 2.86. The Balaban J connectivity index is 2.51. The molecule has 0 saturated heterocycles. The number of rotatable bonds is 4. The van der Waals surface area contributed by atoms with E-state index in [0.717, 1.165) is 11.1 Å². The summed E-state index contributed by atoms with van der Waals surface area (Å²) in [7, 11) is 3.72. The minimum absolute atomic E-state index is 0.00152. The van der Waals surface area contributed by atoms with E-state index >= 15 is 0 Å². The molecule has 0 aliphatic rings. The van der Waals surface area contributed by atoms with Crippen LogP contribution in [0.5, 0.6) is 0 Å². The molecule has 0 unspecified atom stereocenters. The van der Waals surface area contributed by atoms with E-state index in [1.807, 2.05) is 44.1 Å². The molecule has 0 bridgehead atoms. The standard InChI is InChI=1S/C12H17ClN2O/c1-9-4-5-10(11(13)6-9)7-14-12(16)8-15(2)3/h4-6H,7-8H2,1-3H3,(H,14,16). The van der Waals surface area contributed by atoms with Gasteiger partial charge in [-0.25, -0.2) is 0 Å². The summed E-state index contributed by atoms with van der Waals surface area (Å²) >= 11 is 6.06. The molecule has 0 aliphatic carbocycles. The maximum Gasteiger partial charge on any atom is 0.234 e. The number of hydrogen-bond donors (Lipinski definition) is 1. The molecule has 0 heterocycles. The van der Waals surface area contributed by atoms with E-state index in [1.54, 1.807) is 0 Å². The van der Waals surface area contributed by atoms with E-state index in [0.29, 0.717) is 18.1 Å². The third-order valence-corrected chi connectivity index (χ3v) is 2.50. The highest BCUT2D eigenvalue weighted by Crippen LogP contribution is 2.17. The normalized spacial score (nSPS) is 10.6. The van der Waals surface area contributed by atoms with Gasteiger partial charge < -0.3 is 10.2 Å². The molecule has 4 heteroatoms. The number of carbonyl (C=O) groups excluding carboxylic acids is 1. The third-order valence-electron chi connectivity index (χ3n) is 2.14. The van der Waals surface area contributed by atoms with Crippen molar-refractivity contribution in [2.24, 2.45) is 0 Å². The molecule has 88 valence electrons. The molecule has 0 fully saturated rings. The Morgan fingerprint density at radius 3 is 2.69 bits per heavy atom. The van der Waals surface area contributed by atoms with Crippen LogP contribution in [0.15, 0.2) is 18.2 Å². The van der Waals surface area contributed by atoms with E-state index < -0.39 is 0 Å². The third kappa shape index (κ3) is 4.21. The van der Waals surface area contributed by atoms with Crippen LogP contribution in [0.3, 0.4) is 0 Å². The van der Waals surface area contributed by atoms with Crippen molar-refractivity contribution in [1.29, 1.82) is 0 Å². The molecule has 0 aliphatic heterocycles. The van der Waals surface area contributed by atoms with Gasteiger partial charge in [0.25, 0.3) is 0 Å². The van der Waals surface area contributed by atoms with Gasteiger partial charge in [-0.3, -0.25) is 4.79 Å². The Morgan fingerprint density at radius 1 is 1.44 bits per heavy atom. The number of benzene rings is 1. The number of halogens is 1. The average Bonchev–Trinajstić information content (AvgIpc) is 2.15. The van der Waals surface area contributed by atoms with Crippen LogP contribution in [0.4, 0.5) is 0 Å². The molecule has 16 heavy (non-hydrogen) atoms. The van der Waals surface area contributed by atoms with Crippen molar-refractivity contribution in [2.45, 2.75) is 13.5 Å². The van der Waals surface area contributed by atoms with E-state index in [9.17, 15) is 4.79 Å². The van der Waals surface area contributed by atoms with Crippen molar-refractivity contribution >= 4 is 17.5 Å². The molecule has 1 aromatic carbocycles. The molecule has 0 spiro atoms. The van der Waals surface area contributed by atoms with Crippen molar-refractivity contribution < 1.29 is 4.79 Å². The Labute approximate surface area is 101 Å². The van der Waals surface area contributed by atoms with Gasteiger partial charge in [-0.15, -0.1) is 0 Å². The first kappa shape index (κ1) is 13.0. The maximum atomic E-state index is 11.4. The summed E-state index contributed by atoms with van der Waals surface area (Å²) < 4.78 is 0. The van der Waals surface area contributed by atoms with Crippen molar-refractivity contribution in [1.82, 2.24) is 10.2 Å². The zero-order valence-corrected chi connectivity index (χ0v) is 10.6. The first-order valence-corrected chi connectivity index (χ1v) is 5.53. The number of carbonyl (C=O) groups is 1. The van der Waals surface area contributed by atoms with Crippen LogP contribution in [0, 0.1) is 6.92 Å². The number of nitrogens with zero attached hydrogens (tertiary/aromatic N) is 1. The zero-order chi connectivity index (χ0) is 12.1. The molecule has 0 saturated carbocycles. The summed E-state index contributed by atoms with van der Waals surface area (Å²) in [5.41, 5.74) is 2.06. The number of nitrogens with one attached hydrogen (secondary N) is 1. The fraction of sp³-hybridized carbons (Fsp3) is 0.417. The smallest absolute Gasteiger partial charge is 0.234 e. The lowest BCUT2D eigenvalue weighted by Gasteiger charge is -2.11. The number of hydrogen-bond acceptors (Lipinski definition) is 2. The SMILES string of the molecule is Cc1ccc(CNC(=O)CN(C)C)c(Cl)c1. The quantitative estimate of drug-likeness (QED) is 0.871. The monoisotopic (exact) mass is 240 g/mol. The highest BCUT2D eigenvalue weighted by Gasteiger charge is 2.04. The topological polar surface area (TPSA) is 32.3 Å². The Kier molecular flexibility index (Phi) is 4.77. The first-order valence-electron chi connectivity index (χ1n) is 5.15. The van der Waals surface area contributed by atoms with Crippen LogP contribution in [0.2, 0.25) is 5.02 Å². The number of aryl methyl sites for hydroxylation is 1. The largest absolute Gasteiger partial charge is 0.351 e. The van der Waals surface area contributed by atoms with Crippen LogP contribution in [-0.4, -0.2) is 31.4 Å². The molecular formula is C12H17ClN2O. The molecule has 1 amide bonds. The highest BCUT2D eigenvalue weighted by molar-refractivity contribution is 6.31. The van der Waals surface area contributed by atoms with Crippen LogP contribution < -0.4 is 5.32 Å². The zero-order valence-electron chi connectivity index (χ0n) is 9.88. The van der Waals surface area contributed by atoms with Crippen LogP contribution in [0.25, 0.3) is 0 Å². The Hall–Kier alpha value is -1.06. The van der Waals surface area contributed by atoms with Gasteiger partial charge in [0, 0.05) is 11.6 Å². The summed E-state index contributed by atoms with van der Waals surface area (Å²) in [6.07, 6.45) is 0. The minimum atomic E-state index is 0.00152. The number of likely N-dealkylation sites (N-methyl/N-ethyl adjacent to an activating group) is 1. The number of amides is 1. The van der Waals surface area contributed by atoms with Gasteiger partial charge in [-0.05, 0) is 38.2 Å². The molecule has 1 N–H and O–H groups in total. The van der Waals surface area contributed by atoms with E-state index in [-0.39, 0.29) is 5.91 Å². The molecule has 1 rings (SSSR count). The van der Waals surface area contributed by atoms with Gasteiger partial charge in [0.05, 0.1) is 6.54 Å². The van der Waals surface area contributed by atoms with Gasteiger partial charge in [-0.1, -0.05) is 23.7 Å². The molecule has 0 aromatic heterocycles. The average molecular weight is 241 g/mol. The highest BCUT2D eigenvalue weighted by atomic mass is 35.5. The fourth-order valence-electron chi connectivity index (χ4n) is 1.33. The molecule has 0 radical (unpaired) electrons. The summed E-state index contributed by atoms with van der Waals surface area (Å²) in [5, 5.41) is 3.52. The van der Waals surface area contributed by atoms with E-state index in [2.05, 4.69) is 5.32 Å². The fourth-order valence-corrected chi connectivity index (χ4v) is 1.63. The molecular weight excluding hydrogens is 224 g/mol. The van der Waals surface area contributed by atoms with Gasteiger partial charge in [0.1, 0.15) is 0 Å². The Morgan fingerprint density at radius 2 is 2.12 bits per heavy atom. The summed E-state index contributed by atoms with van der Waals surface area (Å²) in [6, 6.07) is 5.82. The molecule has 1 aromatic rings. The minimum Gasteiger partial charge on any atom is -0.351 e. The lowest BCUT2D eigenvalue weighted by atomic mass is 10.1. The van der Waals surface area contributed by atoms with Crippen LogP contribution in [-0.2, 0) is 11.3 Å². The van der Waals surface area contributed by atoms with Gasteiger partial charge in [0.15, 0.2) is 0 Å². The second-order valence-electron chi connectivity index (χ2n) is 4.11. The summed E-state index contributed by atoms with van der Waals surface area (Å²) in [4.78, 5) is 13.2. The van der Waals surface area contributed by atoms with Crippen LogP contribution >= 0.6 is 11.6 Å². The maximum absolute atomic E-state index is 11.4. The van der Waals surface area contributed by atoms with Gasteiger partial charge >= 0.3 is 0 Å². The second-order valence-corrected chi connectivity index (χ2v) is 4.52. The predicted molar refractivity (Wildman–Crippen MR) is 66.6 cm³/mol. The predicted octanol–water partition coefficient (Wildman–Crippen LogP) is 1.83. The Bertz CT molecular complexity index is 377. The summed E-state index contributed by atoms with van der Waals surface area (Å²) in [5.74, 6) is 0.00152. The molecule has 3 nitrogen and oxygen atoms in total. The van der Waals surface area contributed by atoms with Gasteiger partial charge in [0.2, 0.25) is 5.91 Å². The van der Waals surface area contributed by atoms with Crippen molar-refractivity contribution in [3.8, 4) is 0 Å². The van der Waals surface area contributed by atoms with E-state index in [4.69, 9.17) is 11.6 Å². The van der Waals surface area contributed by atoms with Crippen molar-refractivity contribution in [3.05, 3.63) is 34.3 Å². The van der Waals surface area contributed by atoms with Crippen molar-refractivity contribution in [2.75, 3.05) is 20.6 Å². The molecule has 0 atom stereocenters. The van der Waals surface area contributed by atoms with Crippen LogP contribution in [0.1, 0.15) is 11.1 Å². The van der Waals surface area contributed by atoms with E-state index in [1.165, 1.54) is 0 Å². The first-order chi connectivity index (χ1) is 7.49. The lowest BCUT2D eigenvalue weighted by Crippen LogP contribution is -2.32. The van der Waals surface area contributed by atoms with Crippen molar-refractivity contribution in [3.63, 3.8) is 0 Å².